The van der Waals surface area contributed by atoms with Gasteiger partial charge in [0.05, 0.1) is 19.3 Å². The van der Waals surface area contributed by atoms with E-state index in [1.54, 1.807) is 4.90 Å². The molecule has 2 aromatic carbocycles. The number of aliphatic hydroxyl groups excluding tert-OH is 2. The number of hydrogen-bond donors (Lipinski definition) is 3. The van der Waals surface area contributed by atoms with Crippen LogP contribution in [0.25, 0.3) is 0 Å². The second-order valence-corrected chi connectivity index (χ2v) is 8.13. The zero-order chi connectivity index (χ0) is 21.4. The zero-order valence-electron chi connectivity index (χ0n) is 17.4. The highest BCUT2D eigenvalue weighted by atomic mass is 16.3. The van der Waals surface area contributed by atoms with E-state index < -0.39 is 11.7 Å². The van der Waals surface area contributed by atoms with Crippen molar-refractivity contribution in [2.45, 2.75) is 37.5 Å². The molecule has 6 heteroatoms. The van der Waals surface area contributed by atoms with Gasteiger partial charge in [-0.25, -0.2) is 0 Å². The van der Waals surface area contributed by atoms with E-state index in [2.05, 4.69) is 0 Å². The molecule has 0 saturated carbocycles. The Morgan fingerprint density at radius 1 is 1.07 bits per heavy atom. The molecular weight excluding hydrogens is 380 g/mol. The van der Waals surface area contributed by atoms with Crippen LogP contribution in [0.5, 0.6) is 0 Å². The molecule has 30 heavy (non-hydrogen) atoms. The number of carbonyl (C=O) groups excluding carboxylic acids is 1. The van der Waals surface area contributed by atoms with Gasteiger partial charge in [0, 0.05) is 32.6 Å². The van der Waals surface area contributed by atoms with Crippen LogP contribution in [0.4, 0.5) is 0 Å². The summed E-state index contributed by atoms with van der Waals surface area (Å²) in [6.07, 6.45) is 0.460. The van der Waals surface area contributed by atoms with Gasteiger partial charge in [0.15, 0.2) is 0 Å². The molecule has 0 spiro atoms. The lowest BCUT2D eigenvalue weighted by Gasteiger charge is -2.45. The SMILES string of the molecule is O=C(CCc1ccccc1)N1CC[C@H](O)[C@@](O)(CN(CCO)Cc2ccccc2)C1. The molecule has 1 aliphatic heterocycles. The van der Waals surface area contributed by atoms with Crippen LogP contribution in [0.15, 0.2) is 60.7 Å². The van der Waals surface area contributed by atoms with Gasteiger partial charge in [-0.3, -0.25) is 9.69 Å². The van der Waals surface area contributed by atoms with Crippen LogP contribution in [0, 0.1) is 0 Å². The number of β-amino-alcohol motifs (C(OH)–C–C–N with tert-alkyl or cyclic N) is 1. The minimum absolute atomic E-state index is 0.0130. The molecule has 1 fully saturated rings. The number of aryl methyl sites for hydroxylation is 1. The van der Waals surface area contributed by atoms with Crippen molar-refractivity contribution < 1.29 is 20.1 Å². The number of nitrogens with zero attached hydrogens (tertiary/aromatic N) is 2. The average Bonchev–Trinajstić information content (AvgIpc) is 2.75. The average molecular weight is 413 g/mol. The Hall–Kier alpha value is -2.25. The van der Waals surface area contributed by atoms with Crippen molar-refractivity contribution in [1.29, 1.82) is 0 Å². The minimum atomic E-state index is -1.43. The molecule has 3 rings (SSSR count). The summed E-state index contributed by atoms with van der Waals surface area (Å²) in [5, 5.41) is 31.3. The predicted molar refractivity (Wildman–Crippen MR) is 116 cm³/mol. The second-order valence-electron chi connectivity index (χ2n) is 8.13. The van der Waals surface area contributed by atoms with E-state index in [-0.39, 0.29) is 25.6 Å². The van der Waals surface area contributed by atoms with Crippen LogP contribution < -0.4 is 0 Å². The van der Waals surface area contributed by atoms with Crippen LogP contribution in [-0.4, -0.2) is 75.5 Å². The molecular formula is C24H32N2O4. The number of benzene rings is 2. The van der Waals surface area contributed by atoms with Crippen molar-refractivity contribution in [2.24, 2.45) is 0 Å². The lowest BCUT2D eigenvalue weighted by molar-refractivity contribution is -0.156. The summed E-state index contributed by atoms with van der Waals surface area (Å²) in [6.45, 7) is 1.61. The first-order valence-electron chi connectivity index (χ1n) is 10.6. The number of likely N-dealkylation sites (tertiary alicyclic amines) is 1. The third kappa shape index (κ3) is 6.12. The van der Waals surface area contributed by atoms with Gasteiger partial charge >= 0.3 is 0 Å². The minimum Gasteiger partial charge on any atom is -0.395 e. The molecule has 0 aliphatic carbocycles. The molecule has 0 unspecified atom stereocenters. The smallest absolute Gasteiger partial charge is 0.223 e. The van der Waals surface area contributed by atoms with E-state index in [4.69, 9.17) is 0 Å². The largest absolute Gasteiger partial charge is 0.395 e. The Morgan fingerprint density at radius 3 is 2.33 bits per heavy atom. The normalized spacial score (nSPS) is 21.7. The fourth-order valence-electron chi connectivity index (χ4n) is 4.07. The van der Waals surface area contributed by atoms with Gasteiger partial charge in [-0.15, -0.1) is 0 Å². The molecule has 2 aromatic rings. The van der Waals surface area contributed by atoms with E-state index in [1.165, 1.54) is 0 Å². The summed E-state index contributed by atoms with van der Waals surface area (Å²) in [4.78, 5) is 16.3. The van der Waals surface area contributed by atoms with Gasteiger partial charge < -0.3 is 20.2 Å². The summed E-state index contributed by atoms with van der Waals surface area (Å²) < 4.78 is 0. The topological polar surface area (TPSA) is 84.2 Å². The van der Waals surface area contributed by atoms with Gasteiger partial charge in [0.1, 0.15) is 5.60 Å². The van der Waals surface area contributed by atoms with Crippen molar-refractivity contribution >= 4 is 5.91 Å². The van der Waals surface area contributed by atoms with Crippen molar-refractivity contribution in [3.8, 4) is 0 Å². The number of hydrogen-bond acceptors (Lipinski definition) is 5. The summed E-state index contributed by atoms with van der Waals surface area (Å²) in [7, 11) is 0. The van der Waals surface area contributed by atoms with E-state index in [1.807, 2.05) is 65.6 Å². The Balaban J connectivity index is 1.62. The first-order chi connectivity index (χ1) is 14.5. The van der Waals surface area contributed by atoms with E-state index >= 15 is 0 Å². The maximum absolute atomic E-state index is 12.7. The van der Waals surface area contributed by atoms with Crippen molar-refractivity contribution in [2.75, 3.05) is 32.8 Å². The Kier molecular flexibility index (Phi) is 7.99. The number of carbonyl (C=O) groups is 1. The predicted octanol–water partition coefficient (Wildman–Crippen LogP) is 1.44. The van der Waals surface area contributed by atoms with Crippen molar-refractivity contribution in [3.63, 3.8) is 0 Å². The number of piperidine rings is 1. The van der Waals surface area contributed by atoms with Crippen LogP contribution >= 0.6 is 0 Å². The number of aliphatic hydroxyl groups is 3. The highest BCUT2D eigenvalue weighted by Crippen LogP contribution is 2.25. The van der Waals surface area contributed by atoms with Crippen LogP contribution in [0.1, 0.15) is 24.0 Å². The first kappa shape index (κ1) is 22.4. The molecule has 2 atom stereocenters. The third-order valence-electron chi connectivity index (χ3n) is 5.74. The lowest BCUT2D eigenvalue weighted by Crippen LogP contribution is -2.62. The zero-order valence-corrected chi connectivity index (χ0v) is 17.4. The fraction of sp³-hybridized carbons (Fsp3) is 0.458. The quantitative estimate of drug-likeness (QED) is 0.580. The monoisotopic (exact) mass is 412 g/mol. The van der Waals surface area contributed by atoms with E-state index in [0.717, 1.165) is 11.1 Å². The van der Waals surface area contributed by atoms with Crippen molar-refractivity contribution in [1.82, 2.24) is 9.80 Å². The second kappa shape index (κ2) is 10.7. The molecule has 6 nitrogen and oxygen atoms in total. The third-order valence-corrected chi connectivity index (χ3v) is 5.74. The Bertz CT molecular complexity index is 786. The lowest BCUT2D eigenvalue weighted by atomic mass is 9.88. The van der Waals surface area contributed by atoms with Crippen LogP contribution in [-0.2, 0) is 17.8 Å². The molecule has 162 valence electrons. The van der Waals surface area contributed by atoms with Crippen LogP contribution in [0.2, 0.25) is 0 Å². The van der Waals surface area contributed by atoms with E-state index in [9.17, 15) is 20.1 Å². The molecule has 0 aromatic heterocycles. The summed E-state index contributed by atoms with van der Waals surface area (Å²) in [6, 6.07) is 19.7. The fourth-order valence-corrected chi connectivity index (χ4v) is 4.07. The number of rotatable bonds is 9. The molecule has 1 heterocycles. The molecule has 3 N–H and O–H groups in total. The van der Waals surface area contributed by atoms with Gasteiger partial charge in [-0.05, 0) is 24.0 Å². The van der Waals surface area contributed by atoms with Gasteiger partial charge in [0.25, 0.3) is 0 Å². The van der Waals surface area contributed by atoms with Gasteiger partial charge in [0.2, 0.25) is 5.91 Å². The van der Waals surface area contributed by atoms with Gasteiger partial charge in [-0.2, -0.15) is 0 Å². The summed E-state index contributed by atoms with van der Waals surface area (Å²) in [5.41, 5.74) is 0.746. The highest BCUT2D eigenvalue weighted by molar-refractivity contribution is 5.76. The first-order valence-corrected chi connectivity index (χ1v) is 10.6. The highest BCUT2D eigenvalue weighted by Gasteiger charge is 2.43. The summed E-state index contributed by atoms with van der Waals surface area (Å²) in [5.74, 6) is -0.0130. The summed E-state index contributed by atoms with van der Waals surface area (Å²) >= 11 is 0. The standard InChI is InChI=1S/C24H32N2O4/c27-16-15-25(17-21-9-5-2-6-10-21)18-24(30)19-26(14-13-22(24)28)23(29)12-11-20-7-3-1-4-8-20/h1-10,22,27-28,30H,11-19H2/t22-,24+/m0/s1. The maximum atomic E-state index is 12.7. The number of amides is 1. The Labute approximate surface area is 178 Å². The Morgan fingerprint density at radius 2 is 1.70 bits per heavy atom. The molecule has 0 radical (unpaired) electrons. The maximum Gasteiger partial charge on any atom is 0.223 e. The molecule has 1 aliphatic rings. The molecule has 1 amide bonds. The van der Waals surface area contributed by atoms with E-state index in [0.29, 0.717) is 38.9 Å². The van der Waals surface area contributed by atoms with Gasteiger partial charge in [-0.1, -0.05) is 60.7 Å². The molecule has 0 bridgehead atoms. The molecule has 1 saturated heterocycles. The van der Waals surface area contributed by atoms with Crippen molar-refractivity contribution in [3.05, 3.63) is 71.8 Å². The van der Waals surface area contributed by atoms with Crippen LogP contribution in [0.3, 0.4) is 0 Å².